The maximum Gasteiger partial charge on any atom is 0.143 e. The average molecular weight is 419 g/mol. The molecule has 0 saturated carbocycles. The number of fused-ring (bicyclic) bond motifs is 1. The lowest BCUT2D eigenvalue weighted by Gasteiger charge is -2.30. The fourth-order valence-electron chi connectivity index (χ4n) is 2.30. The highest BCUT2D eigenvalue weighted by Crippen LogP contribution is 2.41. The Morgan fingerprint density at radius 2 is 2.10 bits per heavy atom. The molecule has 1 aliphatic heterocycles. The molecule has 2 N–H and O–H groups in total. The largest absolute Gasteiger partial charge is 0.484 e. The van der Waals surface area contributed by atoms with E-state index in [1.807, 2.05) is 18.2 Å². The second-order valence-electron chi connectivity index (χ2n) is 4.65. The molecule has 104 valence electrons. The van der Waals surface area contributed by atoms with E-state index in [1.54, 1.807) is 12.3 Å². The van der Waals surface area contributed by atoms with E-state index in [-0.39, 0.29) is 12.1 Å². The summed E-state index contributed by atoms with van der Waals surface area (Å²) in [7, 11) is 0. The molecule has 1 aliphatic rings. The van der Waals surface area contributed by atoms with Gasteiger partial charge in [-0.15, -0.1) is 0 Å². The van der Waals surface area contributed by atoms with Gasteiger partial charge in [-0.3, -0.25) is 4.98 Å². The molecule has 2 aromatic rings. The van der Waals surface area contributed by atoms with Crippen molar-refractivity contribution in [3.63, 3.8) is 0 Å². The first-order valence-corrected chi connectivity index (χ1v) is 8.03. The molecule has 0 spiro atoms. The fraction of sp³-hybridized carbons (Fsp3) is 0.214. The predicted octanol–water partition coefficient (Wildman–Crippen LogP) is 4.78. The number of hydrogen-bond donors (Lipinski definition) is 1. The number of rotatable bonds is 1. The van der Waals surface area contributed by atoms with Gasteiger partial charge in [0.2, 0.25) is 0 Å². The van der Waals surface area contributed by atoms with Gasteiger partial charge >= 0.3 is 0 Å². The van der Waals surface area contributed by atoms with E-state index in [0.717, 1.165) is 26.0 Å². The zero-order valence-corrected chi connectivity index (χ0v) is 14.2. The van der Waals surface area contributed by atoms with Crippen molar-refractivity contribution in [1.82, 2.24) is 4.98 Å². The second-order valence-corrected chi connectivity index (χ2v) is 6.86. The van der Waals surface area contributed by atoms with Crippen molar-refractivity contribution in [2.75, 3.05) is 0 Å². The van der Waals surface area contributed by atoms with Gasteiger partial charge in [0.15, 0.2) is 0 Å². The first-order chi connectivity index (χ1) is 9.54. The van der Waals surface area contributed by atoms with Crippen LogP contribution in [-0.2, 0) is 0 Å². The van der Waals surface area contributed by atoms with Crippen LogP contribution in [0.4, 0.5) is 0 Å². The quantitative estimate of drug-likeness (QED) is 0.725. The van der Waals surface area contributed by atoms with Crippen LogP contribution in [0.2, 0.25) is 5.02 Å². The summed E-state index contributed by atoms with van der Waals surface area (Å²) in [4.78, 5) is 4.43. The van der Waals surface area contributed by atoms with Gasteiger partial charge in [0.25, 0.3) is 0 Å². The lowest BCUT2D eigenvalue weighted by Crippen LogP contribution is -2.25. The summed E-state index contributed by atoms with van der Waals surface area (Å²) in [5.74, 6) is 0.773. The Bertz CT molecular complexity index is 666. The Morgan fingerprint density at radius 3 is 2.85 bits per heavy atom. The highest BCUT2D eigenvalue weighted by atomic mass is 79.9. The fourth-order valence-corrected chi connectivity index (χ4v) is 3.73. The van der Waals surface area contributed by atoms with Crippen LogP contribution in [-0.4, -0.2) is 4.98 Å². The first kappa shape index (κ1) is 14.3. The van der Waals surface area contributed by atoms with E-state index in [2.05, 4.69) is 36.8 Å². The number of ether oxygens (including phenoxy) is 1. The average Bonchev–Trinajstić information content (AvgIpc) is 2.39. The Balaban J connectivity index is 1.97. The summed E-state index contributed by atoms with van der Waals surface area (Å²) in [5, 5.41) is 0.671. The Kier molecular flexibility index (Phi) is 4.04. The Labute approximate surface area is 138 Å². The molecule has 20 heavy (non-hydrogen) atoms. The smallest absolute Gasteiger partial charge is 0.143 e. The minimum Gasteiger partial charge on any atom is -0.484 e. The highest BCUT2D eigenvalue weighted by Gasteiger charge is 2.29. The number of hydrogen-bond acceptors (Lipinski definition) is 3. The van der Waals surface area contributed by atoms with Gasteiger partial charge in [0.05, 0.1) is 5.69 Å². The maximum absolute atomic E-state index is 6.23. The molecule has 3 nitrogen and oxygen atoms in total. The van der Waals surface area contributed by atoms with Gasteiger partial charge in [-0.05, 0) is 56.1 Å². The van der Waals surface area contributed by atoms with Gasteiger partial charge in [-0.2, -0.15) is 0 Å². The first-order valence-electron chi connectivity index (χ1n) is 6.07. The zero-order chi connectivity index (χ0) is 14.3. The number of benzene rings is 1. The molecule has 2 heterocycles. The molecule has 1 aromatic heterocycles. The van der Waals surface area contributed by atoms with Gasteiger partial charge in [0.1, 0.15) is 11.9 Å². The van der Waals surface area contributed by atoms with Crippen LogP contribution in [0.25, 0.3) is 0 Å². The van der Waals surface area contributed by atoms with E-state index in [0.29, 0.717) is 11.4 Å². The topological polar surface area (TPSA) is 48.1 Å². The maximum atomic E-state index is 6.23. The Hall–Kier alpha value is -0.620. The number of nitrogens with two attached hydrogens (primary N) is 1. The molecule has 0 radical (unpaired) electrons. The molecule has 0 aliphatic carbocycles. The predicted molar refractivity (Wildman–Crippen MR) is 86.0 cm³/mol. The normalized spacial score (nSPS) is 21.2. The highest BCUT2D eigenvalue weighted by molar-refractivity contribution is 9.11. The van der Waals surface area contributed by atoms with E-state index in [4.69, 9.17) is 22.1 Å². The van der Waals surface area contributed by atoms with E-state index in [9.17, 15) is 0 Å². The van der Waals surface area contributed by atoms with Gasteiger partial charge < -0.3 is 10.5 Å². The molecule has 0 saturated heterocycles. The molecular formula is C14H11Br2ClN2O. The van der Waals surface area contributed by atoms with Crippen molar-refractivity contribution < 1.29 is 4.74 Å². The molecule has 6 heteroatoms. The molecule has 2 atom stereocenters. The van der Waals surface area contributed by atoms with Crippen LogP contribution in [0, 0.1) is 0 Å². The lowest BCUT2D eigenvalue weighted by molar-refractivity contribution is 0.156. The molecule has 3 rings (SSSR count). The minimum atomic E-state index is -0.166. The van der Waals surface area contributed by atoms with Crippen LogP contribution >= 0.6 is 43.5 Å². The molecule has 0 fully saturated rings. The zero-order valence-electron chi connectivity index (χ0n) is 10.3. The van der Waals surface area contributed by atoms with Crippen molar-refractivity contribution in [2.45, 2.75) is 18.6 Å². The minimum absolute atomic E-state index is 0.111. The summed E-state index contributed by atoms with van der Waals surface area (Å²) in [5.41, 5.74) is 8.03. The van der Waals surface area contributed by atoms with Gasteiger partial charge in [-0.25, -0.2) is 0 Å². The second kappa shape index (κ2) is 5.64. The standard InChI is InChI=1S/C14H11Br2ClN2O/c15-7-3-10(16)14(19-6-7)13-5-11(18)9-4-8(17)1-2-12(9)20-13/h1-4,6,11,13H,5,18H2/t11-,13?/m0/s1. The Morgan fingerprint density at radius 1 is 1.30 bits per heavy atom. The van der Waals surface area contributed by atoms with Crippen LogP contribution < -0.4 is 10.5 Å². The van der Waals surface area contributed by atoms with Crippen LogP contribution in [0.15, 0.2) is 39.4 Å². The lowest BCUT2D eigenvalue weighted by atomic mass is 9.95. The molecule has 0 bridgehead atoms. The summed E-state index contributed by atoms with van der Waals surface area (Å²) in [6.07, 6.45) is 2.26. The molecule has 1 unspecified atom stereocenters. The molecule has 0 amide bonds. The van der Waals surface area contributed by atoms with Crippen LogP contribution in [0.5, 0.6) is 5.75 Å². The summed E-state index contributed by atoms with van der Waals surface area (Å²) in [6.45, 7) is 0. The van der Waals surface area contributed by atoms with E-state index >= 15 is 0 Å². The van der Waals surface area contributed by atoms with Crippen molar-refractivity contribution in [2.24, 2.45) is 5.73 Å². The van der Waals surface area contributed by atoms with Crippen LogP contribution in [0.1, 0.15) is 29.8 Å². The third-order valence-corrected chi connectivity index (χ3v) is 4.55. The number of pyridine rings is 1. The van der Waals surface area contributed by atoms with Gasteiger partial charge in [-0.1, -0.05) is 11.6 Å². The summed E-state index contributed by atoms with van der Waals surface area (Å²) in [6, 6.07) is 7.37. The van der Waals surface area contributed by atoms with Crippen molar-refractivity contribution in [1.29, 1.82) is 0 Å². The summed E-state index contributed by atoms with van der Waals surface area (Å²) >= 11 is 12.9. The van der Waals surface area contributed by atoms with Crippen LogP contribution in [0.3, 0.4) is 0 Å². The SMILES string of the molecule is N[C@H]1CC(c2ncc(Br)cc2Br)Oc2ccc(Cl)cc21. The molecular weight excluding hydrogens is 407 g/mol. The molecule has 1 aromatic carbocycles. The monoisotopic (exact) mass is 416 g/mol. The van der Waals surface area contributed by atoms with Gasteiger partial charge in [0, 0.05) is 38.2 Å². The van der Waals surface area contributed by atoms with Crippen molar-refractivity contribution >= 4 is 43.5 Å². The van der Waals surface area contributed by atoms with Crippen molar-refractivity contribution in [3.8, 4) is 5.75 Å². The van der Waals surface area contributed by atoms with E-state index in [1.165, 1.54) is 0 Å². The van der Waals surface area contributed by atoms with Crippen molar-refractivity contribution in [3.05, 3.63) is 55.7 Å². The number of aromatic nitrogens is 1. The number of halogens is 3. The van der Waals surface area contributed by atoms with E-state index < -0.39 is 0 Å². The number of nitrogens with zero attached hydrogens (tertiary/aromatic N) is 1. The summed E-state index contributed by atoms with van der Waals surface area (Å²) < 4.78 is 7.84. The third kappa shape index (κ3) is 2.72. The third-order valence-electron chi connectivity index (χ3n) is 3.25.